The number of carbonyl (C=O) groups is 2. The summed E-state index contributed by atoms with van der Waals surface area (Å²) in [7, 11) is 0. The number of amides is 2. The van der Waals surface area contributed by atoms with E-state index >= 15 is 0 Å². The second kappa shape index (κ2) is 8.69. The molecule has 0 aromatic heterocycles. The van der Waals surface area contributed by atoms with Gasteiger partial charge in [0.05, 0.1) is 21.2 Å². The Morgan fingerprint density at radius 1 is 0.760 bits per heavy atom. The zero-order valence-corrected chi connectivity index (χ0v) is 16.0. The van der Waals surface area contributed by atoms with Crippen LogP contribution in [0, 0.1) is 0 Å². The third-order valence-corrected chi connectivity index (χ3v) is 4.17. The summed E-state index contributed by atoms with van der Waals surface area (Å²) >= 11 is 28.4. The van der Waals surface area contributed by atoms with Crippen molar-refractivity contribution in [1.29, 1.82) is 0 Å². The van der Waals surface area contributed by atoms with Crippen LogP contribution in [-0.2, 0) is 0 Å². The second-order valence-corrected chi connectivity index (χ2v) is 6.71. The molecule has 0 unspecified atom stereocenters. The first-order chi connectivity index (χ1) is 11.8. The Kier molecular flexibility index (Phi) is 6.87. The number of nitrogens with one attached hydrogen (secondary N) is 3. The topological polar surface area (TPSA) is 70.2 Å². The molecule has 5 nitrogen and oxygen atoms in total. The third-order valence-electron chi connectivity index (χ3n) is 2.87. The van der Waals surface area contributed by atoms with Crippen LogP contribution in [0.25, 0.3) is 0 Å². The summed E-state index contributed by atoms with van der Waals surface area (Å²) in [6.07, 6.45) is 0. The minimum atomic E-state index is -0.557. The Bertz CT molecular complexity index is 861. The summed E-state index contributed by atoms with van der Waals surface area (Å²) in [6.45, 7) is 0. The van der Waals surface area contributed by atoms with Gasteiger partial charge in [0.15, 0.2) is 5.11 Å². The quantitative estimate of drug-likeness (QED) is 0.486. The normalized spacial score (nSPS) is 10.1. The summed E-state index contributed by atoms with van der Waals surface area (Å²) in [5.74, 6) is -1.11. The minimum absolute atomic E-state index is 0.130. The molecule has 0 heterocycles. The molecule has 0 saturated carbocycles. The van der Waals surface area contributed by atoms with Gasteiger partial charge in [-0.2, -0.15) is 0 Å². The molecular weight excluding hydrogens is 428 g/mol. The molecule has 3 N–H and O–H groups in total. The minimum Gasteiger partial charge on any atom is -0.298 e. The van der Waals surface area contributed by atoms with Crippen LogP contribution in [0.5, 0.6) is 0 Å². The molecule has 0 bridgehead atoms. The molecule has 25 heavy (non-hydrogen) atoms. The highest BCUT2D eigenvalue weighted by atomic mass is 35.5. The van der Waals surface area contributed by atoms with Crippen LogP contribution in [-0.4, -0.2) is 16.9 Å². The summed E-state index contributed by atoms with van der Waals surface area (Å²) in [5.41, 5.74) is 5.08. The fourth-order valence-corrected chi connectivity index (χ4v) is 2.86. The van der Waals surface area contributed by atoms with Gasteiger partial charge in [0, 0.05) is 10.0 Å². The maximum absolute atomic E-state index is 12.1. The van der Waals surface area contributed by atoms with Gasteiger partial charge in [-0.3, -0.25) is 25.8 Å². The molecule has 0 spiro atoms. The van der Waals surface area contributed by atoms with E-state index in [1.807, 2.05) is 0 Å². The van der Waals surface area contributed by atoms with Gasteiger partial charge < -0.3 is 0 Å². The molecule has 2 aromatic rings. The maximum atomic E-state index is 12.1. The first-order valence-electron chi connectivity index (χ1n) is 6.59. The summed E-state index contributed by atoms with van der Waals surface area (Å²) in [6, 6.07) is 8.80. The van der Waals surface area contributed by atoms with E-state index in [2.05, 4.69) is 16.2 Å². The van der Waals surface area contributed by atoms with E-state index in [1.165, 1.54) is 36.4 Å². The number of halogens is 4. The Labute approximate surface area is 168 Å². The lowest BCUT2D eigenvalue weighted by atomic mass is 10.2. The fraction of sp³-hybridized carbons (Fsp3) is 0. The highest BCUT2D eigenvalue weighted by Gasteiger charge is 2.14. The predicted octanol–water partition coefficient (Wildman–Crippen LogP) is 4.25. The van der Waals surface area contributed by atoms with Crippen LogP contribution < -0.4 is 16.2 Å². The SMILES string of the molecule is O=C(NNC(=S)NC(=O)c1ccc(Cl)cc1Cl)c1ccc(Cl)cc1Cl. The smallest absolute Gasteiger partial charge is 0.271 e. The monoisotopic (exact) mass is 435 g/mol. The number of benzene rings is 2. The van der Waals surface area contributed by atoms with Crippen molar-refractivity contribution in [3.63, 3.8) is 0 Å². The Morgan fingerprint density at radius 3 is 1.72 bits per heavy atom. The van der Waals surface area contributed by atoms with Gasteiger partial charge >= 0.3 is 0 Å². The highest BCUT2D eigenvalue weighted by molar-refractivity contribution is 7.80. The van der Waals surface area contributed by atoms with Gasteiger partial charge in [0.1, 0.15) is 0 Å². The van der Waals surface area contributed by atoms with Crippen molar-refractivity contribution in [1.82, 2.24) is 16.2 Å². The average Bonchev–Trinajstić information content (AvgIpc) is 2.52. The first kappa shape index (κ1) is 19.8. The second-order valence-electron chi connectivity index (χ2n) is 4.61. The molecule has 0 radical (unpaired) electrons. The van der Waals surface area contributed by atoms with Crippen LogP contribution in [0.1, 0.15) is 20.7 Å². The zero-order valence-electron chi connectivity index (χ0n) is 12.2. The lowest BCUT2D eigenvalue weighted by molar-refractivity contribution is 0.0934. The van der Waals surface area contributed by atoms with E-state index in [0.29, 0.717) is 10.0 Å². The van der Waals surface area contributed by atoms with Gasteiger partial charge in [-0.1, -0.05) is 46.4 Å². The van der Waals surface area contributed by atoms with E-state index < -0.39 is 11.8 Å². The van der Waals surface area contributed by atoms with Crippen molar-refractivity contribution < 1.29 is 9.59 Å². The van der Waals surface area contributed by atoms with Crippen LogP contribution in [0.4, 0.5) is 0 Å². The molecule has 10 heteroatoms. The van der Waals surface area contributed by atoms with E-state index in [9.17, 15) is 9.59 Å². The van der Waals surface area contributed by atoms with Crippen molar-refractivity contribution in [2.45, 2.75) is 0 Å². The summed E-state index contributed by atoms with van der Waals surface area (Å²) in [5, 5.41) is 3.39. The standard InChI is InChI=1S/C15H9Cl4N3O2S/c16-7-1-3-9(11(18)5-7)13(23)20-15(25)22-21-14(24)10-4-2-8(17)6-12(10)19/h1-6H,(H,21,24)(H2,20,22,23,25). The Hall–Kier alpha value is -1.57. The molecule has 2 amide bonds. The molecule has 0 saturated heterocycles. The van der Waals surface area contributed by atoms with Crippen molar-refractivity contribution in [2.24, 2.45) is 0 Å². The molecule has 130 valence electrons. The number of hydrazine groups is 1. The number of carbonyl (C=O) groups excluding carboxylic acids is 2. The van der Waals surface area contributed by atoms with Gasteiger partial charge in [-0.05, 0) is 48.6 Å². The lowest BCUT2D eigenvalue weighted by Crippen LogP contribution is -2.48. The van der Waals surface area contributed by atoms with Crippen LogP contribution >= 0.6 is 58.6 Å². The van der Waals surface area contributed by atoms with E-state index in [4.69, 9.17) is 58.6 Å². The van der Waals surface area contributed by atoms with Crippen molar-refractivity contribution in [3.05, 3.63) is 67.6 Å². The number of hydrogen-bond acceptors (Lipinski definition) is 3. The van der Waals surface area contributed by atoms with Crippen LogP contribution in [0.3, 0.4) is 0 Å². The number of thiocarbonyl (C=S) groups is 1. The molecule has 0 aliphatic heterocycles. The molecule has 0 fully saturated rings. The maximum Gasteiger partial charge on any atom is 0.271 e. The van der Waals surface area contributed by atoms with Crippen molar-refractivity contribution >= 4 is 75.5 Å². The van der Waals surface area contributed by atoms with E-state index in [1.54, 1.807) is 0 Å². The molecule has 2 rings (SSSR count). The van der Waals surface area contributed by atoms with Gasteiger partial charge in [0.2, 0.25) is 0 Å². The third kappa shape index (κ3) is 5.45. The fourth-order valence-electron chi connectivity index (χ4n) is 1.73. The summed E-state index contributed by atoms with van der Waals surface area (Å²) in [4.78, 5) is 24.1. The Morgan fingerprint density at radius 2 is 1.24 bits per heavy atom. The molecular formula is C15H9Cl4N3O2S. The predicted molar refractivity (Wildman–Crippen MR) is 104 cm³/mol. The van der Waals surface area contributed by atoms with Crippen molar-refractivity contribution in [2.75, 3.05) is 0 Å². The number of rotatable bonds is 2. The first-order valence-corrected chi connectivity index (χ1v) is 8.51. The van der Waals surface area contributed by atoms with Gasteiger partial charge in [-0.25, -0.2) is 0 Å². The highest BCUT2D eigenvalue weighted by Crippen LogP contribution is 2.21. The molecule has 0 aliphatic rings. The van der Waals surface area contributed by atoms with Crippen molar-refractivity contribution in [3.8, 4) is 0 Å². The lowest BCUT2D eigenvalue weighted by Gasteiger charge is -2.12. The van der Waals surface area contributed by atoms with Crippen LogP contribution in [0.2, 0.25) is 20.1 Å². The molecule has 2 aromatic carbocycles. The summed E-state index contributed by atoms with van der Waals surface area (Å²) < 4.78 is 0. The van der Waals surface area contributed by atoms with Gasteiger partial charge in [-0.15, -0.1) is 0 Å². The molecule has 0 atom stereocenters. The number of hydrogen-bond donors (Lipinski definition) is 3. The van der Waals surface area contributed by atoms with Crippen LogP contribution in [0.15, 0.2) is 36.4 Å². The van der Waals surface area contributed by atoms with Gasteiger partial charge in [0.25, 0.3) is 11.8 Å². The Balaban J connectivity index is 1.94. The molecule has 0 aliphatic carbocycles. The largest absolute Gasteiger partial charge is 0.298 e. The zero-order chi connectivity index (χ0) is 18.6. The van der Waals surface area contributed by atoms with E-state index in [0.717, 1.165) is 0 Å². The van der Waals surface area contributed by atoms with E-state index in [-0.39, 0.29) is 26.3 Å². The average molecular weight is 437 g/mol.